The first-order chi connectivity index (χ1) is 9.66. The van der Waals surface area contributed by atoms with Gasteiger partial charge in [0.15, 0.2) is 11.5 Å². The van der Waals surface area contributed by atoms with Crippen molar-refractivity contribution in [2.45, 2.75) is 12.8 Å². The van der Waals surface area contributed by atoms with Crippen LogP contribution in [-0.4, -0.2) is 29.7 Å². The summed E-state index contributed by atoms with van der Waals surface area (Å²) in [6, 6.07) is 13.7. The summed E-state index contributed by atoms with van der Waals surface area (Å²) >= 11 is 0. The number of nitrogens with two attached hydrogens (primary N) is 1. The topological polar surface area (TPSA) is 72.1 Å². The van der Waals surface area contributed by atoms with E-state index in [2.05, 4.69) is 22.3 Å². The second kappa shape index (κ2) is 6.65. The summed E-state index contributed by atoms with van der Waals surface area (Å²) in [4.78, 5) is 12.9. The maximum absolute atomic E-state index is 10.9. The number of hydrogen-bond acceptors (Lipinski definition) is 4. The third-order valence-electron chi connectivity index (χ3n) is 3.10. The van der Waals surface area contributed by atoms with Gasteiger partial charge in [0.1, 0.15) is 0 Å². The number of nitrogens with zero attached hydrogens (tertiary/aromatic N) is 3. The Morgan fingerprint density at radius 3 is 2.50 bits per heavy atom. The fourth-order valence-corrected chi connectivity index (χ4v) is 1.94. The summed E-state index contributed by atoms with van der Waals surface area (Å²) in [6.45, 7) is 0.874. The van der Waals surface area contributed by atoms with E-state index in [1.54, 1.807) is 12.1 Å². The SMILES string of the molecule is CN(CCCc1ccccc1)c1ccc(C(N)=O)nn1. The zero-order valence-corrected chi connectivity index (χ0v) is 11.5. The number of carbonyl (C=O) groups is 1. The van der Waals surface area contributed by atoms with Crippen molar-refractivity contribution in [3.8, 4) is 0 Å². The van der Waals surface area contributed by atoms with Gasteiger partial charge in [0, 0.05) is 13.6 Å². The lowest BCUT2D eigenvalue weighted by Gasteiger charge is -2.17. The lowest BCUT2D eigenvalue weighted by Crippen LogP contribution is -2.21. The molecular weight excluding hydrogens is 252 g/mol. The molecule has 104 valence electrons. The van der Waals surface area contributed by atoms with E-state index in [4.69, 9.17) is 5.73 Å². The van der Waals surface area contributed by atoms with Crippen LogP contribution < -0.4 is 10.6 Å². The van der Waals surface area contributed by atoms with E-state index in [1.165, 1.54) is 5.56 Å². The van der Waals surface area contributed by atoms with E-state index in [1.807, 2.05) is 30.1 Å². The monoisotopic (exact) mass is 270 g/mol. The van der Waals surface area contributed by atoms with Gasteiger partial charge in [0.25, 0.3) is 5.91 Å². The standard InChI is InChI=1S/C15H18N4O/c1-19(11-5-8-12-6-3-2-4-7-12)14-10-9-13(15(16)20)17-18-14/h2-4,6-7,9-10H,5,8,11H2,1H3,(H2,16,20). The summed E-state index contributed by atoms with van der Waals surface area (Å²) in [7, 11) is 1.96. The minimum absolute atomic E-state index is 0.187. The van der Waals surface area contributed by atoms with E-state index >= 15 is 0 Å². The Labute approximate surface area is 118 Å². The van der Waals surface area contributed by atoms with Crippen LogP contribution in [0.3, 0.4) is 0 Å². The van der Waals surface area contributed by atoms with Crippen LogP contribution in [0.1, 0.15) is 22.5 Å². The van der Waals surface area contributed by atoms with Crippen LogP contribution in [0.4, 0.5) is 5.82 Å². The van der Waals surface area contributed by atoms with Crippen molar-refractivity contribution in [1.82, 2.24) is 10.2 Å². The quantitative estimate of drug-likeness (QED) is 0.866. The Kier molecular flexibility index (Phi) is 4.65. The molecular formula is C15H18N4O. The molecule has 1 heterocycles. The summed E-state index contributed by atoms with van der Waals surface area (Å²) in [5.74, 6) is 0.179. The molecule has 0 bridgehead atoms. The largest absolute Gasteiger partial charge is 0.364 e. The van der Waals surface area contributed by atoms with Gasteiger partial charge in [-0.1, -0.05) is 30.3 Å². The molecule has 0 fully saturated rings. The Morgan fingerprint density at radius 1 is 1.15 bits per heavy atom. The minimum Gasteiger partial charge on any atom is -0.364 e. The number of amides is 1. The highest BCUT2D eigenvalue weighted by molar-refractivity contribution is 5.90. The first kappa shape index (κ1) is 14.0. The molecule has 1 aromatic carbocycles. The molecule has 0 aliphatic heterocycles. The van der Waals surface area contributed by atoms with E-state index in [0.29, 0.717) is 0 Å². The highest BCUT2D eigenvalue weighted by Crippen LogP contribution is 2.09. The highest BCUT2D eigenvalue weighted by Gasteiger charge is 2.06. The average Bonchev–Trinajstić information content (AvgIpc) is 2.48. The van der Waals surface area contributed by atoms with Gasteiger partial charge < -0.3 is 10.6 Å². The predicted molar refractivity (Wildman–Crippen MR) is 78.6 cm³/mol. The third-order valence-corrected chi connectivity index (χ3v) is 3.10. The molecule has 5 nitrogen and oxygen atoms in total. The molecule has 0 unspecified atom stereocenters. The molecule has 2 aromatic rings. The maximum atomic E-state index is 10.9. The number of primary amides is 1. The molecule has 2 N–H and O–H groups in total. The van der Waals surface area contributed by atoms with Gasteiger partial charge in [0.2, 0.25) is 0 Å². The highest BCUT2D eigenvalue weighted by atomic mass is 16.1. The van der Waals surface area contributed by atoms with Crippen LogP contribution in [0.2, 0.25) is 0 Å². The molecule has 0 saturated carbocycles. The van der Waals surface area contributed by atoms with Gasteiger partial charge in [-0.05, 0) is 30.5 Å². The minimum atomic E-state index is -0.559. The van der Waals surface area contributed by atoms with Gasteiger partial charge in [0.05, 0.1) is 0 Å². The Balaban J connectivity index is 1.85. The molecule has 0 radical (unpaired) electrons. The van der Waals surface area contributed by atoms with Crippen LogP contribution in [0.25, 0.3) is 0 Å². The number of aromatic nitrogens is 2. The second-order valence-electron chi connectivity index (χ2n) is 4.65. The molecule has 0 atom stereocenters. The van der Waals surface area contributed by atoms with Gasteiger partial charge in [-0.15, -0.1) is 10.2 Å². The fraction of sp³-hybridized carbons (Fsp3) is 0.267. The van der Waals surface area contributed by atoms with Gasteiger partial charge >= 0.3 is 0 Å². The number of benzene rings is 1. The summed E-state index contributed by atoms with van der Waals surface area (Å²) in [5.41, 5.74) is 6.65. The van der Waals surface area contributed by atoms with Crippen LogP contribution in [0, 0.1) is 0 Å². The number of anilines is 1. The van der Waals surface area contributed by atoms with Crippen molar-refractivity contribution in [2.24, 2.45) is 5.73 Å². The number of aryl methyl sites for hydroxylation is 1. The zero-order chi connectivity index (χ0) is 14.4. The molecule has 2 rings (SSSR count). The predicted octanol–water partition coefficient (Wildman–Crippen LogP) is 1.64. The molecule has 0 saturated heterocycles. The second-order valence-corrected chi connectivity index (χ2v) is 4.65. The molecule has 1 aromatic heterocycles. The van der Waals surface area contributed by atoms with Gasteiger partial charge in [-0.25, -0.2) is 0 Å². The maximum Gasteiger partial charge on any atom is 0.269 e. The number of carbonyl (C=O) groups excluding carboxylic acids is 1. The third kappa shape index (κ3) is 3.78. The van der Waals surface area contributed by atoms with Crippen LogP contribution in [0.15, 0.2) is 42.5 Å². The summed E-state index contributed by atoms with van der Waals surface area (Å²) in [5, 5.41) is 7.80. The first-order valence-electron chi connectivity index (χ1n) is 6.55. The van der Waals surface area contributed by atoms with Crippen molar-refractivity contribution in [1.29, 1.82) is 0 Å². The molecule has 1 amide bonds. The molecule has 0 aliphatic rings. The molecule has 0 aliphatic carbocycles. The summed E-state index contributed by atoms with van der Waals surface area (Å²) in [6.07, 6.45) is 2.05. The molecule has 20 heavy (non-hydrogen) atoms. The summed E-state index contributed by atoms with van der Waals surface area (Å²) < 4.78 is 0. The zero-order valence-electron chi connectivity index (χ0n) is 11.5. The van der Waals surface area contributed by atoms with Crippen LogP contribution in [0.5, 0.6) is 0 Å². The van der Waals surface area contributed by atoms with Crippen molar-refractivity contribution in [3.63, 3.8) is 0 Å². The van der Waals surface area contributed by atoms with Crippen molar-refractivity contribution in [2.75, 3.05) is 18.5 Å². The van der Waals surface area contributed by atoms with Gasteiger partial charge in [-0.2, -0.15) is 0 Å². The number of rotatable bonds is 6. The van der Waals surface area contributed by atoms with E-state index < -0.39 is 5.91 Å². The van der Waals surface area contributed by atoms with Gasteiger partial charge in [-0.3, -0.25) is 4.79 Å². The average molecular weight is 270 g/mol. The Hall–Kier alpha value is -2.43. The van der Waals surface area contributed by atoms with E-state index in [9.17, 15) is 4.79 Å². The molecule has 5 heteroatoms. The van der Waals surface area contributed by atoms with Crippen molar-refractivity contribution >= 4 is 11.7 Å². The van der Waals surface area contributed by atoms with Crippen LogP contribution >= 0.6 is 0 Å². The Bertz CT molecular complexity index is 554. The van der Waals surface area contributed by atoms with Crippen LogP contribution in [-0.2, 0) is 6.42 Å². The number of hydrogen-bond donors (Lipinski definition) is 1. The molecule has 0 spiro atoms. The lowest BCUT2D eigenvalue weighted by atomic mass is 10.1. The first-order valence-corrected chi connectivity index (χ1v) is 6.55. The van der Waals surface area contributed by atoms with E-state index in [-0.39, 0.29) is 5.69 Å². The van der Waals surface area contributed by atoms with Crippen molar-refractivity contribution < 1.29 is 4.79 Å². The lowest BCUT2D eigenvalue weighted by molar-refractivity contribution is 0.0994. The smallest absolute Gasteiger partial charge is 0.269 e. The fourth-order valence-electron chi connectivity index (χ4n) is 1.94. The van der Waals surface area contributed by atoms with Crippen molar-refractivity contribution in [3.05, 3.63) is 53.7 Å². The van der Waals surface area contributed by atoms with E-state index in [0.717, 1.165) is 25.2 Å². The Morgan fingerprint density at radius 2 is 1.90 bits per heavy atom. The normalized spacial score (nSPS) is 10.2.